The normalized spacial score (nSPS) is 22.1. The highest BCUT2D eigenvalue weighted by Crippen LogP contribution is 2.49. The minimum Gasteiger partial charge on any atom is -0.496 e. The van der Waals surface area contributed by atoms with E-state index in [1.54, 1.807) is 6.07 Å². The van der Waals surface area contributed by atoms with Gasteiger partial charge in [0.1, 0.15) is 23.2 Å². The molecule has 2 aliphatic rings. The van der Waals surface area contributed by atoms with Crippen molar-refractivity contribution >= 4 is 17.6 Å². The van der Waals surface area contributed by atoms with E-state index < -0.39 is 28.6 Å². The third-order valence-corrected chi connectivity index (χ3v) is 5.69. The zero-order valence-electron chi connectivity index (χ0n) is 17.5. The van der Waals surface area contributed by atoms with Crippen LogP contribution in [0.4, 0.5) is 5.69 Å². The zero-order chi connectivity index (χ0) is 22.1. The lowest BCUT2D eigenvalue weighted by molar-refractivity contribution is -0.385. The number of hydrogen-bond acceptors (Lipinski definition) is 7. The number of fused-ring (bicyclic) bond motifs is 1. The van der Waals surface area contributed by atoms with E-state index in [0.29, 0.717) is 36.5 Å². The Labute approximate surface area is 174 Å². The molecule has 0 saturated heterocycles. The van der Waals surface area contributed by atoms with E-state index in [2.05, 4.69) is 0 Å². The fraction of sp³-hybridized carbons (Fsp3) is 0.524. The van der Waals surface area contributed by atoms with Crippen LogP contribution in [0.3, 0.4) is 0 Å². The number of benzene rings is 1. The number of non-ortho nitro benzene ring substituents is 1. The average Bonchev–Trinajstić information content (AvgIpc) is 3.06. The lowest BCUT2D eigenvalue weighted by atomic mass is 9.79. The first-order valence-electron chi connectivity index (χ1n) is 10.0. The summed E-state index contributed by atoms with van der Waals surface area (Å²) >= 11 is 0. The molecule has 162 valence electrons. The van der Waals surface area contributed by atoms with Gasteiger partial charge >= 0.3 is 5.97 Å². The predicted octanol–water partition coefficient (Wildman–Crippen LogP) is 3.28. The summed E-state index contributed by atoms with van der Waals surface area (Å²) in [6, 6.07) is 3.55. The standard InChI is InChI=1S/C21H26N2O7/c1-5-21(6-2)20(29-13(4)24)19(22-12-15(28-7-3)11-18(22)25)16-10-14(23(26)27)8-9-17(16)30-21/h8-11,19-20H,5-7,12H2,1-4H3/t19-,20+/m1/s1. The molecule has 0 bridgehead atoms. The molecule has 2 aliphatic heterocycles. The Kier molecular flexibility index (Phi) is 6.00. The molecular formula is C21H26N2O7. The molecule has 1 aromatic carbocycles. The summed E-state index contributed by atoms with van der Waals surface area (Å²) in [6.45, 7) is 7.55. The van der Waals surface area contributed by atoms with E-state index in [1.807, 2.05) is 20.8 Å². The molecule has 0 saturated carbocycles. The number of hydrogen-bond donors (Lipinski definition) is 0. The van der Waals surface area contributed by atoms with Crippen molar-refractivity contribution in [3.63, 3.8) is 0 Å². The molecule has 30 heavy (non-hydrogen) atoms. The molecule has 1 amide bonds. The number of nitro benzene ring substituents is 1. The lowest BCUT2D eigenvalue weighted by Gasteiger charge is -2.49. The van der Waals surface area contributed by atoms with E-state index in [1.165, 1.54) is 30.0 Å². The fourth-order valence-electron chi connectivity index (χ4n) is 4.20. The van der Waals surface area contributed by atoms with Gasteiger partial charge in [-0.3, -0.25) is 19.7 Å². The van der Waals surface area contributed by atoms with Crippen molar-refractivity contribution in [3.05, 3.63) is 45.7 Å². The van der Waals surface area contributed by atoms with Gasteiger partial charge in [-0.2, -0.15) is 0 Å². The van der Waals surface area contributed by atoms with E-state index in [4.69, 9.17) is 14.2 Å². The minimum absolute atomic E-state index is 0.131. The van der Waals surface area contributed by atoms with Crippen LogP contribution in [-0.4, -0.2) is 46.6 Å². The number of carbonyl (C=O) groups excluding carboxylic acids is 2. The Balaban J connectivity index is 2.17. The summed E-state index contributed by atoms with van der Waals surface area (Å²) in [7, 11) is 0. The number of esters is 1. The van der Waals surface area contributed by atoms with Crippen LogP contribution in [0.2, 0.25) is 0 Å². The Hall–Kier alpha value is -3.10. The van der Waals surface area contributed by atoms with Gasteiger partial charge in [0, 0.05) is 30.7 Å². The van der Waals surface area contributed by atoms with Crippen LogP contribution in [-0.2, 0) is 19.1 Å². The van der Waals surface area contributed by atoms with Gasteiger partial charge in [0.2, 0.25) is 0 Å². The first kappa shape index (κ1) is 21.6. The summed E-state index contributed by atoms with van der Waals surface area (Å²) in [5.74, 6) is 0.121. The summed E-state index contributed by atoms with van der Waals surface area (Å²) in [4.78, 5) is 37.3. The molecule has 0 aromatic heterocycles. The average molecular weight is 418 g/mol. The number of ether oxygens (including phenoxy) is 3. The summed E-state index contributed by atoms with van der Waals surface area (Å²) in [5.41, 5.74) is -0.574. The molecule has 3 rings (SSSR count). The topological polar surface area (TPSA) is 108 Å². The summed E-state index contributed by atoms with van der Waals surface area (Å²) in [5, 5.41) is 11.4. The van der Waals surface area contributed by atoms with Gasteiger partial charge in [-0.25, -0.2) is 0 Å². The highest BCUT2D eigenvalue weighted by atomic mass is 16.6. The van der Waals surface area contributed by atoms with Gasteiger partial charge in [0.05, 0.1) is 18.1 Å². The summed E-state index contributed by atoms with van der Waals surface area (Å²) in [6.07, 6.45) is 1.60. The van der Waals surface area contributed by atoms with E-state index >= 15 is 0 Å². The molecular weight excluding hydrogens is 392 g/mol. The smallest absolute Gasteiger partial charge is 0.303 e. The number of nitrogens with zero attached hydrogens (tertiary/aromatic N) is 2. The Bertz CT molecular complexity index is 891. The molecule has 0 unspecified atom stereocenters. The van der Waals surface area contributed by atoms with E-state index in [-0.39, 0.29) is 18.1 Å². The molecule has 2 heterocycles. The zero-order valence-corrected chi connectivity index (χ0v) is 17.5. The van der Waals surface area contributed by atoms with Crippen molar-refractivity contribution < 1.29 is 28.7 Å². The fourth-order valence-corrected chi connectivity index (χ4v) is 4.20. The highest BCUT2D eigenvalue weighted by Gasteiger charge is 2.54. The second kappa shape index (κ2) is 8.33. The van der Waals surface area contributed by atoms with Crippen LogP contribution in [0.15, 0.2) is 30.0 Å². The number of nitro groups is 1. The van der Waals surface area contributed by atoms with Gasteiger partial charge in [0.25, 0.3) is 11.6 Å². The predicted molar refractivity (Wildman–Crippen MR) is 107 cm³/mol. The SMILES string of the molecule is CCOC1=CC(=O)N([C@@H]2c3cc([N+](=O)[O-])ccc3OC(CC)(CC)[C@H]2OC(C)=O)C1. The second-order valence-corrected chi connectivity index (χ2v) is 7.34. The first-order chi connectivity index (χ1) is 14.3. The maximum absolute atomic E-state index is 12.9. The Morgan fingerprint density at radius 3 is 2.60 bits per heavy atom. The van der Waals surface area contributed by atoms with Crippen LogP contribution >= 0.6 is 0 Å². The Morgan fingerprint density at radius 2 is 2.03 bits per heavy atom. The molecule has 0 aliphatic carbocycles. The van der Waals surface area contributed by atoms with Crippen LogP contribution < -0.4 is 4.74 Å². The monoisotopic (exact) mass is 418 g/mol. The quantitative estimate of drug-likeness (QED) is 0.380. The highest BCUT2D eigenvalue weighted by molar-refractivity contribution is 5.91. The maximum Gasteiger partial charge on any atom is 0.303 e. The summed E-state index contributed by atoms with van der Waals surface area (Å²) < 4.78 is 17.5. The van der Waals surface area contributed by atoms with Crippen molar-refractivity contribution in [1.29, 1.82) is 0 Å². The maximum atomic E-state index is 12.9. The van der Waals surface area contributed by atoms with Crippen molar-refractivity contribution in [2.45, 2.75) is 58.3 Å². The van der Waals surface area contributed by atoms with Crippen molar-refractivity contribution in [3.8, 4) is 5.75 Å². The van der Waals surface area contributed by atoms with Gasteiger partial charge in [-0.1, -0.05) is 13.8 Å². The number of carbonyl (C=O) groups is 2. The van der Waals surface area contributed by atoms with Gasteiger partial charge < -0.3 is 19.1 Å². The van der Waals surface area contributed by atoms with Crippen LogP contribution in [0.25, 0.3) is 0 Å². The molecule has 0 N–H and O–H groups in total. The van der Waals surface area contributed by atoms with Crippen LogP contribution in [0, 0.1) is 10.1 Å². The van der Waals surface area contributed by atoms with Crippen molar-refractivity contribution in [2.24, 2.45) is 0 Å². The number of amides is 1. The third kappa shape index (κ3) is 3.71. The van der Waals surface area contributed by atoms with Crippen molar-refractivity contribution in [2.75, 3.05) is 13.2 Å². The molecule has 9 heteroatoms. The second-order valence-electron chi connectivity index (χ2n) is 7.34. The number of rotatable bonds is 7. The molecule has 1 aromatic rings. The van der Waals surface area contributed by atoms with Crippen LogP contribution in [0.5, 0.6) is 5.75 Å². The molecule has 2 atom stereocenters. The van der Waals surface area contributed by atoms with Gasteiger partial charge in [-0.05, 0) is 25.8 Å². The first-order valence-corrected chi connectivity index (χ1v) is 10.0. The minimum atomic E-state index is -0.881. The van der Waals surface area contributed by atoms with Crippen molar-refractivity contribution in [1.82, 2.24) is 4.90 Å². The molecule has 9 nitrogen and oxygen atoms in total. The third-order valence-electron chi connectivity index (χ3n) is 5.69. The molecule has 0 spiro atoms. The van der Waals surface area contributed by atoms with Crippen LogP contribution in [0.1, 0.15) is 52.1 Å². The molecule has 0 fully saturated rings. The lowest BCUT2D eigenvalue weighted by Crippen LogP contribution is -2.58. The van der Waals surface area contributed by atoms with E-state index in [9.17, 15) is 19.7 Å². The molecule has 0 radical (unpaired) electrons. The van der Waals surface area contributed by atoms with Gasteiger partial charge in [0.15, 0.2) is 6.10 Å². The largest absolute Gasteiger partial charge is 0.496 e. The van der Waals surface area contributed by atoms with Gasteiger partial charge in [-0.15, -0.1) is 0 Å². The van der Waals surface area contributed by atoms with E-state index in [0.717, 1.165) is 0 Å². The Morgan fingerprint density at radius 1 is 1.33 bits per heavy atom.